The van der Waals surface area contributed by atoms with E-state index in [-0.39, 0.29) is 39.0 Å². The van der Waals surface area contributed by atoms with Crippen molar-refractivity contribution in [3.63, 3.8) is 0 Å². The zero-order valence-electron chi connectivity index (χ0n) is 25.3. The van der Waals surface area contributed by atoms with Crippen molar-refractivity contribution in [2.75, 3.05) is 0 Å². The molecular weight excluding hydrogens is 684 g/mol. The van der Waals surface area contributed by atoms with Gasteiger partial charge in [0.05, 0.1) is 51.1 Å². The molecule has 0 fully saturated rings. The predicted octanol–water partition coefficient (Wildman–Crippen LogP) is 7.84. The molecule has 15 heteroatoms. The van der Waals surface area contributed by atoms with Gasteiger partial charge in [-0.1, -0.05) is 12.1 Å². The Bertz CT molecular complexity index is 2710. The first kappa shape index (κ1) is 34.9. The first-order chi connectivity index (χ1) is 24.7. The highest BCUT2D eigenvalue weighted by atomic mass is 19.4. The fraction of sp³-hybridized carbons (Fsp3) is 0.0541. The summed E-state index contributed by atoms with van der Waals surface area (Å²) in [5.41, 5.74) is -10.9. The van der Waals surface area contributed by atoms with Crippen molar-refractivity contribution in [2.45, 2.75) is 12.4 Å². The smallest absolute Gasteiger partial charge is 0.192 e. The molecule has 5 rings (SSSR count). The molecule has 242 valence electrons. The molecule has 0 N–H and O–H groups in total. The molecule has 0 saturated carbocycles. The van der Waals surface area contributed by atoms with Gasteiger partial charge in [0, 0.05) is 39.0 Å². The Morgan fingerprint density at radius 1 is 0.462 bits per heavy atom. The molecule has 0 saturated heterocycles. The summed E-state index contributed by atoms with van der Waals surface area (Å²) in [7, 11) is 0. The lowest BCUT2D eigenvalue weighted by molar-refractivity contribution is -0.138. The molecule has 0 spiro atoms. The molecule has 3 aromatic rings. The van der Waals surface area contributed by atoms with Crippen molar-refractivity contribution >= 4 is 33.4 Å². The van der Waals surface area contributed by atoms with Crippen LogP contribution in [0.1, 0.15) is 61.2 Å². The maximum atomic E-state index is 14.0. The lowest BCUT2D eigenvalue weighted by atomic mass is 9.85. The van der Waals surface area contributed by atoms with Gasteiger partial charge in [0.1, 0.15) is 53.6 Å². The van der Waals surface area contributed by atoms with Crippen LogP contribution in [0.15, 0.2) is 53.6 Å². The van der Waals surface area contributed by atoms with Gasteiger partial charge in [0.2, 0.25) is 0 Å². The third kappa shape index (κ3) is 5.13. The van der Waals surface area contributed by atoms with E-state index in [1.807, 2.05) is 18.2 Å². The van der Waals surface area contributed by atoms with E-state index in [1.54, 1.807) is 24.3 Å². The van der Waals surface area contributed by atoms with Crippen molar-refractivity contribution in [3.05, 3.63) is 115 Å². The van der Waals surface area contributed by atoms with E-state index in [4.69, 9.17) is 0 Å². The van der Waals surface area contributed by atoms with E-state index in [2.05, 4.69) is 0 Å². The molecule has 2 aliphatic rings. The Hall–Kier alpha value is -8.39. The summed E-state index contributed by atoms with van der Waals surface area (Å²) in [5, 5.41) is 90.1. The van der Waals surface area contributed by atoms with E-state index < -0.39 is 79.2 Å². The highest BCUT2D eigenvalue weighted by Crippen LogP contribution is 2.56. The second-order valence-corrected chi connectivity index (χ2v) is 10.6. The molecular formula is C37H7F6N9. The summed E-state index contributed by atoms with van der Waals surface area (Å²) < 4.78 is 83.0. The van der Waals surface area contributed by atoms with Crippen LogP contribution < -0.4 is 0 Å². The Morgan fingerprint density at radius 2 is 0.981 bits per heavy atom. The summed E-state index contributed by atoms with van der Waals surface area (Å²) in [6.45, 7) is 0. The standard InChI is InChI=1S/C37H7F6N9/c38-36(39,40)28-4-3-17(5-20(28)9-45)31-26(15-51)34-24(32(31)21(10-46)11-47)7-23-25(14-50)30(33(22(12-48)13-49)35(23)27(34)16-52)18-1-2-19(8-44)29(6-18)37(41,42)43/h1-7H. The van der Waals surface area contributed by atoms with Gasteiger partial charge in [-0.25, -0.2) is 0 Å². The number of nitriles is 9. The Balaban J connectivity index is 2.00. The average molecular weight is 692 g/mol. The van der Waals surface area contributed by atoms with Gasteiger partial charge in [0.25, 0.3) is 0 Å². The number of alkyl halides is 6. The van der Waals surface area contributed by atoms with E-state index in [0.717, 1.165) is 30.3 Å². The number of hydrogen-bond acceptors (Lipinski definition) is 9. The monoisotopic (exact) mass is 691 g/mol. The molecule has 0 amide bonds. The van der Waals surface area contributed by atoms with Crippen LogP contribution in [0, 0.1) is 102 Å². The van der Waals surface area contributed by atoms with Crippen LogP contribution >= 0.6 is 0 Å². The molecule has 0 radical (unpaired) electrons. The quantitative estimate of drug-likeness (QED) is 0.189. The van der Waals surface area contributed by atoms with Gasteiger partial charge < -0.3 is 0 Å². The number of fused-ring (bicyclic) bond motifs is 2. The van der Waals surface area contributed by atoms with Crippen LogP contribution in [0.3, 0.4) is 0 Å². The highest BCUT2D eigenvalue weighted by molar-refractivity contribution is 6.31. The molecule has 0 aromatic heterocycles. The van der Waals surface area contributed by atoms with Crippen LogP contribution in [0.5, 0.6) is 0 Å². The number of hydrogen-bond donors (Lipinski definition) is 0. The van der Waals surface area contributed by atoms with Gasteiger partial charge in [-0.3, -0.25) is 0 Å². The highest BCUT2D eigenvalue weighted by Gasteiger charge is 2.42. The Labute approximate surface area is 288 Å². The van der Waals surface area contributed by atoms with Crippen LogP contribution in [0.2, 0.25) is 0 Å². The third-order valence-electron chi connectivity index (χ3n) is 8.12. The molecule has 0 heterocycles. The minimum Gasteiger partial charge on any atom is -0.192 e. The number of rotatable bonds is 2. The summed E-state index contributed by atoms with van der Waals surface area (Å²) in [6.07, 6.45) is -10.0. The number of halogens is 6. The van der Waals surface area contributed by atoms with Crippen molar-refractivity contribution in [1.29, 1.82) is 47.4 Å². The largest absolute Gasteiger partial charge is 0.417 e. The maximum absolute atomic E-state index is 14.0. The van der Waals surface area contributed by atoms with Crippen molar-refractivity contribution in [2.24, 2.45) is 0 Å². The summed E-state index contributed by atoms with van der Waals surface area (Å²) in [4.78, 5) is 0. The number of benzene rings is 3. The first-order valence-electron chi connectivity index (χ1n) is 13.9. The Morgan fingerprint density at radius 3 is 1.48 bits per heavy atom. The molecule has 0 aliphatic heterocycles. The van der Waals surface area contributed by atoms with Gasteiger partial charge in [-0.2, -0.15) is 73.7 Å². The van der Waals surface area contributed by atoms with Crippen molar-refractivity contribution in [3.8, 4) is 54.6 Å². The van der Waals surface area contributed by atoms with Crippen LogP contribution in [0.25, 0.3) is 33.4 Å². The molecule has 2 aliphatic carbocycles. The maximum Gasteiger partial charge on any atom is 0.417 e. The third-order valence-corrected chi connectivity index (χ3v) is 8.12. The van der Waals surface area contributed by atoms with Crippen LogP contribution in [-0.2, 0) is 12.4 Å². The molecule has 52 heavy (non-hydrogen) atoms. The van der Waals surface area contributed by atoms with Gasteiger partial charge in [-0.05, 0) is 47.0 Å². The fourth-order valence-electron chi connectivity index (χ4n) is 6.14. The number of allylic oxidation sites excluding steroid dienone is 8. The van der Waals surface area contributed by atoms with E-state index in [1.165, 1.54) is 12.1 Å². The molecule has 9 nitrogen and oxygen atoms in total. The van der Waals surface area contributed by atoms with Crippen molar-refractivity contribution < 1.29 is 26.3 Å². The average Bonchev–Trinajstić information content (AvgIpc) is 3.63. The summed E-state index contributed by atoms with van der Waals surface area (Å²) in [6, 6.07) is 20.4. The first-order valence-corrected chi connectivity index (χ1v) is 13.9. The number of nitrogens with zero attached hydrogens (tertiary/aromatic N) is 9. The lowest BCUT2D eigenvalue weighted by Crippen LogP contribution is -2.08. The zero-order chi connectivity index (χ0) is 38.3. The molecule has 0 bridgehead atoms. The molecule has 0 unspecified atom stereocenters. The van der Waals surface area contributed by atoms with Crippen molar-refractivity contribution in [1.82, 2.24) is 0 Å². The predicted molar refractivity (Wildman–Crippen MR) is 165 cm³/mol. The minimum absolute atomic E-state index is 0.238. The minimum atomic E-state index is -5.08. The zero-order valence-corrected chi connectivity index (χ0v) is 25.3. The lowest BCUT2D eigenvalue weighted by Gasteiger charge is -2.15. The second-order valence-electron chi connectivity index (χ2n) is 10.6. The second kappa shape index (κ2) is 12.6. The van der Waals surface area contributed by atoms with Crippen LogP contribution in [0.4, 0.5) is 26.3 Å². The van der Waals surface area contributed by atoms with Gasteiger partial charge in [0.15, 0.2) is 0 Å². The van der Waals surface area contributed by atoms with E-state index in [0.29, 0.717) is 12.1 Å². The fourth-order valence-corrected chi connectivity index (χ4v) is 6.14. The van der Waals surface area contributed by atoms with E-state index >= 15 is 0 Å². The topological polar surface area (TPSA) is 214 Å². The molecule has 0 atom stereocenters. The Kier molecular flexibility index (Phi) is 8.44. The van der Waals surface area contributed by atoms with Gasteiger partial charge >= 0.3 is 12.4 Å². The van der Waals surface area contributed by atoms with E-state index in [9.17, 15) is 73.7 Å². The SMILES string of the molecule is N#CC(C#N)=C1C(c2ccc(C(F)(F)F)c(C#N)c2)=C(C#N)c2c1cc1c(c2C#N)C(=C(C#N)C#N)C(c2ccc(C#N)c(C(F)(F)F)c2)=C1C#N. The summed E-state index contributed by atoms with van der Waals surface area (Å²) in [5.74, 6) is 0. The molecule has 3 aromatic carbocycles. The van der Waals surface area contributed by atoms with Gasteiger partial charge in [-0.15, -0.1) is 0 Å². The van der Waals surface area contributed by atoms with Crippen LogP contribution in [-0.4, -0.2) is 0 Å². The summed E-state index contributed by atoms with van der Waals surface area (Å²) >= 11 is 0. The normalized spacial score (nSPS) is 12.8.